The maximum Gasteiger partial charge on any atom is 0.228 e. The van der Waals surface area contributed by atoms with Gasteiger partial charge >= 0.3 is 0 Å². The number of benzene rings is 1. The van der Waals surface area contributed by atoms with E-state index in [9.17, 15) is 4.79 Å². The molecule has 1 saturated heterocycles. The quantitative estimate of drug-likeness (QED) is 0.882. The summed E-state index contributed by atoms with van der Waals surface area (Å²) in [5.41, 5.74) is 0.771. The minimum Gasteiger partial charge on any atom is -0.326 e. The van der Waals surface area contributed by atoms with Crippen LogP contribution in [0.1, 0.15) is 6.42 Å². The first-order valence-electron chi connectivity index (χ1n) is 5.13. The fourth-order valence-electron chi connectivity index (χ4n) is 1.70. The highest BCUT2D eigenvalue weighted by molar-refractivity contribution is 9.10. The van der Waals surface area contributed by atoms with Crippen molar-refractivity contribution in [1.29, 1.82) is 0 Å². The van der Waals surface area contributed by atoms with Crippen molar-refractivity contribution in [3.63, 3.8) is 0 Å². The van der Waals surface area contributed by atoms with E-state index in [4.69, 9.17) is 11.6 Å². The first-order chi connectivity index (χ1) is 7.66. The minimum absolute atomic E-state index is 0.0687. The number of rotatable bonds is 2. The zero-order chi connectivity index (χ0) is 11.5. The molecule has 1 heterocycles. The number of carbonyl (C=O) groups is 1. The number of nitrogens with one attached hydrogen (secondary N) is 2. The van der Waals surface area contributed by atoms with Crippen LogP contribution in [0.15, 0.2) is 22.7 Å². The first kappa shape index (κ1) is 11.9. The fourth-order valence-corrected chi connectivity index (χ4v) is 2.19. The summed E-state index contributed by atoms with van der Waals surface area (Å²) in [6.07, 6.45) is 0.903. The highest BCUT2D eigenvalue weighted by Gasteiger charge is 2.22. The van der Waals surface area contributed by atoms with Crippen LogP contribution in [-0.4, -0.2) is 19.0 Å². The summed E-state index contributed by atoms with van der Waals surface area (Å²) in [6, 6.07) is 5.37. The summed E-state index contributed by atoms with van der Waals surface area (Å²) in [5.74, 6) is 0.147. The van der Waals surface area contributed by atoms with Crippen LogP contribution in [0.4, 0.5) is 5.69 Å². The van der Waals surface area contributed by atoms with Crippen LogP contribution >= 0.6 is 27.5 Å². The number of amides is 1. The summed E-state index contributed by atoms with van der Waals surface area (Å²) in [6.45, 7) is 1.68. The monoisotopic (exact) mass is 302 g/mol. The molecule has 1 aromatic carbocycles. The molecule has 2 rings (SSSR count). The summed E-state index contributed by atoms with van der Waals surface area (Å²) in [4.78, 5) is 11.8. The van der Waals surface area contributed by atoms with Gasteiger partial charge in [0.05, 0.1) is 10.9 Å². The van der Waals surface area contributed by atoms with Gasteiger partial charge in [0, 0.05) is 16.7 Å². The second-order valence-electron chi connectivity index (χ2n) is 3.81. The Morgan fingerprint density at radius 3 is 3.00 bits per heavy atom. The third kappa shape index (κ3) is 2.75. The van der Waals surface area contributed by atoms with Crippen LogP contribution in [0.3, 0.4) is 0 Å². The Kier molecular flexibility index (Phi) is 3.84. The zero-order valence-corrected chi connectivity index (χ0v) is 10.9. The Hall–Kier alpha value is -0.580. The molecule has 0 bridgehead atoms. The van der Waals surface area contributed by atoms with E-state index < -0.39 is 0 Å². The molecule has 0 radical (unpaired) electrons. The average molecular weight is 304 g/mol. The summed E-state index contributed by atoms with van der Waals surface area (Å²) in [7, 11) is 0. The third-order valence-corrected chi connectivity index (χ3v) is 3.83. The van der Waals surface area contributed by atoms with Gasteiger partial charge in [0.1, 0.15) is 0 Å². The first-order valence-corrected chi connectivity index (χ1v) is 6.30. The lowest BCUT2D eigenvalue weighted by molar-refractivity contribution is -0.119. The van der Waals surface area contributed by atoms with Crippen molar-refractivity contribution in [2.45, 2.75) is 6.42 Å². The van der Waals surface area contributed by atoms with Crippen LogP contribution in [0.2, 0.25) is 5.02 Å². The predicted molar refractivity (Wildman–Crippen MR) is 68.8 cm³/mol. The van der Waals surface area contributed by atoms with Gasteiger partial charge in [-0.25, -0.2) is 0 Å². The molecule has 0 aliphatic carbocycles. The van der Waals surface area contributed by atoms with Gasteiger partial charge in [0.25, 0.3) is 0 Å². The molecule has 1 aromatic rings. The lowest BCUT2D eigenvalue weighted by Gasteiger charge is -2.10. The third-order valence-electron chi connectivity index (χ3n) is 2.62. The topological polar surface area (TPSA) is 41.1 Å². The molecule has 1 aliphatic heterocycles. The minimum atomic E-state index is 0.0687. The molecule has 16 heavy (non-hydrogen) atoms. The standard InChI is InChI=1S/C11H12BrClN2O/c12-9-5-8(1-2-10(9)13)15-11(16)7-3-4-14-6-7/h1-2,5,7,14H,3-4,6H2,(H,15,16). The van der Waals surface area contributed by atoms with Crippen molar-refractivity contribution < 1.29 is 4.79 Å². The highest BCUT2D eigenvalue weighted by Crippen LogP contribution is 2.26. The van der Waals surface area contributed by atoms with Gasteiger partial charge in [-0.2, -0.15) is 0 Å². The number of anilines is 1. The molecule has 86 valence electrons. The largest absolute Gasteiger partial charge is 0.326 e. The molecule has 5 heteroatoms. The van der Waals surface area contributed by atoms with Crippen molar-refractivity contribution in [2.24, 2.45) is 5.92 Å². The normalized spacial score (nSPS) is 19.8. The SMILES string of the molecule is O=C(Nc1ccc(Cl)c(Br)c1)C1CCNC1. The van der Waals surface area contributed by atoms with Crippen molar-refractivity contribution in [3.05, 3.63) is 27.7 Å². The van der Waals surface area contributed by atoms with Crippen LogP contribution in [0.25, 0.3) is 0 Å². The molecular formula is C11H12BrClN2O. The Bertz CT molecular complexity index is 405. The number of carbonyl (C=O) groups excluding carboxylic acids is 1. The van der Waals surface area contributed by atoms with Gasteiger partial charge in [0.2, 0.25) is 5.91 Å². The van der Waals surface area contributed by atoms with Crippen LogP contribution in [-0.2, 0) is 4.79 Å². The molecule has 1 atom stereocenters. The van der Waals surface area contributed by atoms with Crippen LogP contribution in [0.5, 0.6) is 0 Å². The molecule has 1 unspecified atom stereocenters. The van der Waals surface area contributed by atoms with E-state index in [0.717, 1.165) is 29.7 Å². The molecule has 3 nitrogen and oxygen atoms in total. The van der Waals surface area contributed by atoms with E-state index in [0.29, 0.717) is 5.02 Å². The lowest BCUT2D eigenvalue weighted by atomic mass is 10.1. The second-order valence-corrected chi connectivity index (χ2v) is 5.07. The maximum atomic E-state index is 11.8. The second kappa shape index (κ2) is 5.17. The Morgan fingerprint density at radius 2 is 2.38 bits per heavy atom. The van der Waals surface area contributed by atoms with E-state index in [-0.39, 0.29) is 11.8 Å². The van der Waals surface area contributed by atoms with Gasteiger partial charge in [-0.05, 0) is 47.1 Å². The summed E-state index contributed by atoms with van der Waals surface area (Å²) < 4.78 is 0.788. The Labute approximate surface area is 108 Å². The van der Waals surface area contributed by atoms with Gasteiger partial charge in [0.15, 0.2) is 0 Å². The maximum absolute atomic E-state index is 11.8. The highest BCUT2D eigenvalue weighted by atomic mass is 79.9. The summed E-state index contributed by atoms with van der Waals surface area (Å²) in [5, 5.41) is 6.69. The van der Waals surface area contributed by atoms with E-state index in [1.807, 2.05) is 6.07 Å². The van der Waals surface area contributed by atoms with Crippen LogP contribution < -0.4 is 10.6 Å². The molecular weight excluding hydrogens is 291 g/mol. The average Bonchev–Trinajstić information content (AvgIpc) is 2.77. The van der Waals surface area contributed by atoms with Crippen molar-refractivity contribution >= 4 is 39.1 Å². The van der Waals surface area contributed by atoms with Crippen molar-refractivity contribution in [1.82, 2.24) is 5.32 Å². The Balaban J connectivity index is 2.02. The molecule has 0 aromatic heterocycles. The van der Waals surface area contributed by atoms with E-state index in [1.165, 1.54) is 0 Å². The number of hydrogen-bond acceptors (Lipinski definition) is 2. The lowest BCUT2D eigenvalue weighted by Crippen LogP contribution is -2.24. The number of hydrogen-bond donors (Lipinski definition) is 2. The van der Waals surface area contributed by atoms with Gasteiger partial charge in [-0.3, -0.25) is 4.79 Å². The fraction of sp³-hybridized carbons (Fsp3) is 0.364. The molecule has 0 saturated carbocycles. The molecule has 0 spiro atoms. The smallest absolute Gasteiger partial charge is 0.228 e. The van der Waals surface area contributed by atoms with Crippen molar-refractivity contribution in [3.8, 4) is 0 Å². The Morgan fingerprint density at radius 1 is 1.56 bits per heavy atom. The molecule has 1 aliphatic rings. The van der Waals surface area contributed by atoms with Gasteiger partial charge in [-0.1, -0.05) is 11.6 Å². The van der Waals surface area contributed by atoms with E-state index >= 15 is 0 Å². The molecule has 1 amide bonds. The van der Waals surface area contributed by atoms with Gasteiger partial charge < -0.3 is 10.6 Å². The molecule has 1 fully saturated rings. The van der Waals surface area contributed by atoms with Gasteiger partial charge in [-0.15, -0.1) is 0 Å². The number of halogens is 2. The van der Waals surface area contributed by atoms with Crippen molar-refractivity contribution in [2.75, 3.05) is 18.4 Å². The van der Waals surface area contributed by atoms with E-state index in [1.54, 1.807) is 12.1 Å². The zero-order valence-electron chi connectivity index (χ0n) is 8.59. The van der Waals surface area contributed by atoms with Crippen LogP contribution in [0, 0.1) is 5.92 Å². The molecule has 2 N–H and O–H groups in total. The van der Waals surface area contributed by atoms with E-state index in [2.05, 4.69) is 26.6 Å². The summed E-state index contributed by atoms with van der Waals surface area (Å²) >= 11 is 9.20. The predicted octanol–water partition coefficient (Wildman–Crippen LogP) is 2.65.